The van der Waals surface area contributed by atoms with Crippen molar-refractivity contribution in [1.82, 2.24) is 5.43 Å². The summed E-state index contributed by atoms with van der Waals surface area (Å²) in [5.41, 5.74) is 2.98. The molecule has 3 heteroatoms. The Morgan fingerprint density at radius 3 is 2.08 bits per heavy atom. The van der Waals surface area contributed by atoms with E-state index < -0.39 is 0 Å². The summed E-state index contributed by atoms with van der Waals surface area (Å²) in [4.78, 5) is 0. The highest BCUT2D eigenvalue weighted by atomic mass is 16.5. The Kier molecular flexibility index (Phi) is 5.53. The smallest absolute Gasteiger partial charge is 0.0743 e. The normalized spacial score (nSPS) is 17.1. The second kappa shape index (κ2) is 5.58. The molecule has 0 aliphatic rings. The molecule has 2 atom stereocenters. The van der Waals surface area contributed by atoms with Crippen LogP contribution in [-0.2, 0) is 4.74 Å². The van der Waals surface area contributed by atoms with Gasteiger partial charge in [0.2, 0.25) is 0 Å². The van der Waals surface area contributed by atoms with E-state index in [9.17, 15) is 0 Å². The van der Waals surface area contributed by atoms with Crippen molar-refractivity contribution < 1.29 is 4.74 Å². The van der Waals surface area contributed by atoms with E-state index in [0.29, 0.717) is 0 Å². The van der Waals surface area contributed by atoms with Gasteiger partial charge in [-0.2, -0.15) is 0 Å². The molecule has 0 saturated carbocycles. The Morgan fingerprint density at radius 2 is 1.85 bits per heavy atom. The minimum absolute atomic E-state index is 0.130. The Labute approximate surface area is 82.0 Å². The summed E-state index contributed by atoms with van der Waals surface area (Å²) in [5.74, 6) is 5.54. The molecular formula is C10H24N2O. The van der Waals surface area contributed by atoms with Gasteiger partial charge in [0.15, 0.2) is 0 Å². The van der Waals surface area contributed by atoms with Gasteiger partial charge < -0.3 is 4.74 Å². The molecule has 0 rings (SSSR count). The molecule has 0 spiro atoms. The Hall–Kier alpha value is -0.120. The molecule has 3 N–H and O–H groups in total. The van der Waals surface area contributed by atoms with Gasteiger partial charge >= 0.3 is 0 Å². The molecule has 0 aromatic carbocycles. The van der Waals surface area contributed by atoms with Crippen LogP contribution in [0.3, 0.4) is 0 Å². The van der Waals surface area contributed by atoms with Crippen molar-refractivity contribution in [2.24, 2.45) is 11.3 Å². The maximum atomic E-state index is 5.63. The largest absolute Gasteiger partial charge is 0.377 e. The number of hydrogen-bond donors (Lipinski definition) is 2. The Balaban J connectivity index is 4.34. The van der Waals surface area contributed by atoms with Crippen LogP contribution in [-0.4, -0.2) is 18.8 Å². The lowest BCUT2D eigenvalue weighted by atomic mass is 9.83. The van der Waals surface area contributed by atoms with Crippen molar-refractivity contribution in [2.75, 3.05) is 6.61 Å². The minimum Gasteiger partial charge on any atom is -0.377 e. The molecule has 0 radical (unpaired) electrons. The lowest BCUT2D eigenvalue weighted by Crippen LogP contribution is -2.52. The molecule has 3 nitrogen and oxygen atoms in total. The fraction of sp³-hybridized carbons (Fsp3) is 1.00. The van der Waals surface area contributed by atoms with Crippen LogP contribution in [0.5, 0.6) is 0 Å². The average molecular weight is 188 g/mol. The SMILES string of the molecule is CCOC(CC)C(NN)C(C)(C)C. The Morgan fingerprint density at radius 1 is 1.31 bits per heavy atom. The van der Waals surface area contributed by atoms with Crippen LogP contribution < -0.4 is 11.3 Å². The first kappa shape index (κ1) is 12.9. The molecule has 0 heterocycles. The quantitative estimate of drug-likeness (QED) is 0.510. The number of rotatable bonds is 5. The molecule has 0 amide bonds. The molecule has 0 aliphatic heterocycles. The lowest BCUT2D eigenvalue weighted by molar-refractivity contribution is 0.000447. The van der Waals surface area contributed by atoms with Crippen LogP contribution >= 0.6 is 0 Å². The van der Waals surface area contributed by atoms with E-state index in [1.807, 2.05) is 6.92 Å². The summed E-state index contributed by atoms with van der Waals surface area (Å²) in [6.07, 6.45) is 1.19. The lowest BCUT2D eigenvalue weighted by Gasteiger charge is -2.35. The second-order valence-electron chi connectivity index (χ2n) is 4.41. The number of ether oxygens (including phenoxy) is 1. The van der Waals surface area contributed by atoms with Gasteiger partial charge in [-0.05, 0) is 18.8 Å². The van der Waals surface area contributed by atoms with Crippen molar-refractivity contribution >= 4 is 0 Å². The van der Waals surface area contributed by atoms with E-state index in [4.69, 9.17) is 10.6 Å². The molecule has 0 fully saturated rings. The third-order valence-electron chi connectivity index (χ3n) is 2.27. The number of hydrogen-bond acceptors (Lipinski definition) is 3. The fourth-order valence-electron chi connectivity index (χ4n) is 1.58. The summed E-state index contributed by atoms with van der Waals surface area (Å²) >= 11 is 0. The third kappa shape index (κ3) is 4.07. The van der Waals surface area contributed by atoms with Gasteiger partial charge in [0.25, 0.3) is 0 Å². The van der Waals surface area contributed by atoms with Crippen molar-refractivity contribution in [3.05, 3.63) is 0 Å². The van der Waals surface area contributed by atoms with Gasteiger partial charge in [0.1, 0.15) is 0 Å². The number of nitrogens with two attached hydrogens (primary N) is 1. The van der Waals surface area contributed by atoms with Crippen molar-refractivity contribution in [3.8, 4) is 0 Å². The summed E-state index contributed by atoms with van der Waals surface area (Å²) in [6, 6.07) is 0.206. The highest BCUT2D eigenvalue weighted by Gasteiger charge is 2.30. The molecule has 80 valence electrons. The standard InChI is InChI=1S/C10H24N2O/c1-6-8(13-7-2)9(12-11)10(3,4)5/h8-9,12H,6-7,11H2,1-5H3. The van der Waals surface area contributed by atoms with Crippen molar-refractivity contribution in [2.45, 2.75) is 53.2 Å². The molecular weight excluding hydrogens is 164 g/mol. The fourth-order valence-corrected chi connectivity index (χ4v) is 1.58. The van der Waals surface area contributed by atoms with Crippen LogP contribution in [0.15, 0.2) is 0 Å². The summed E-state index contributed by atoms with van der Waals surface area (Å²) < 4.78 is 5.63. The topological polar surface area (TPSA) is 47.3 Å². The third-order valence-corrected chi connectivity index (χ3v) is 2.27. The summed E-state index contributed by atoms with van der Waals surface area (Å²) in [5, 5.41) is 0. The molecule has 0 aliphatic carbocycles. The maximum Gasteiger partial charge on any atom is 0.0743 e. The predicted molar refractivity (Wildman–Crippen MR) is 56.3 cm³/mol. The van der Waals surface area contributed by atoms with Crippen LogP contribution in [0.2, 0.25) is 0 Å². The summed E-state index contributed by atoms with van der Waals surface area (Å²) in [6.45, 7) is 11.4. The average Bonchev–Trinajstić information content (AvgIpc) is 2.01. The van der Waals surface area contributed by atoms with E-state index in [0.717, 1.165) is 13.0 Å². The first-order chi connectivity index (χ1) is 5.97. The monoisotopic (exact) mass is 188 g/mol. The van der Waals surface area contributed by atoms with Gasteiger partial charge in [-0.15, -0.1) is 0 Å². The molecule has 13 heavy (non-hydrogen) atoms. The van der Waals surface area contributed by atoms with Gasteiger partial charge in [-0.3, -0.25) is 11.3 Å². The Bertz CT molecular complexity index is 131. The van der Waals surface area contributed by atoms with Gasteiger partial charge in [0.05, 0.1) is 12.1 Å². The van der Waals surface area contributed by atoms with Crippen LogP contribution in [0.4, 0.5) is 0 Å². The van der Waals surface area contributed by atoms with Crippen LogP contribution in [0.25, 0.3) is 0 Å². The molecule has 0 aromatic heterocycles. The second-order valence-corrected chi connectivity index (χ2v) is 4.41. The van der Waals surface area contributed by atoms with E-state index in [-0.39, 0.29) is 17.6 Å². The van der Waals surface area contributed by atoms with E-state index in [1.165, 1.54) is 0 Å². The number of hydrazine groups is 1. The van der Waals surface area contributed by atoms with Crippen LogP contribution in [0, 0.1) is 5.41 Å². The zero-order valence-electron chi connectivity index (χ0n) is 9.55. The molecule has 0 saturated heterocycles. The molecule has 0 bridgehead atoms. The highest BCUT2D eigenvalue weighted by molar-refractivity contribution is 4.85. The van der Waals surface area contributed by atoms with Gasteiger partial charge in [0, 0.05) is 6.61 Å². The number of nitrogens with one attached hydrogen (secondary N) is 1. The van der Waals surface area contributed by atoms with E-state index >= 15 is 0 Å². The highest BCUT2D eigenvalue weighted by Crippen LogP contribution is 2.24. The minimum atomic E-state index is 0.130. The van der Waals surface area contributed by atoms with E-state index in [2.05, 4.69) is 33.1 Å². The first-order valence-electron chi connectivity index (χ1n) is 5.05. The van der Waals surface area contributed by atoms with Crippen molar-refractivity contribution in [3.63, 3.8) is 0 Å². The predicted octanol–water partition coefficient (Wildman–Crippen LogP) is 1.68. The molecule has 2 unspecified atom stereocenters. The van der Waals surface area contributed by atoms with Crippen LogP contribution in [0.1, 0.15) is 41.0 Å². The van der Waals surface area contributed by atoms with E-state index in [1.54, 1.807) is 0 Å². The van der Waals surface area contributed by atoms with Gasteiger partial charge in [-0.25, -0.2) is 0 Å². The maximum absolute atomic E-state index is 5.63. The van der Waals surface area contributed by atoms with Gasteiger partial charge in [-0.1, -0.05) is 27.7 Å². The first-order valence-corrected chi connectivity index (χ1v) is 5.05. The zero-order valence-corrected chi connectivity index (χ0v) is 9.55. The van der Waals surface area contributed by atoms with Crippen molar-refractivity contribution in [1.29, 1.82) is 0 Å². The zero-order chi connectivity index (χ0) is 10.5. The molecule has 0 aromatic rings. The summed E-state index contributed by atoms with van der Waals surface area (Å²) in [7, 11) is 0.